The Kier molecular flexibility index (Phi) is 6.15. The molecule has 1 unspecified atom stereocenters. The van der Waals surface area contributed by atoms with E-state index >= 15 is 0 Å². The number of carbonyl (C=O) groups is 2. The zero-order valence-corrected chi connectivity index (χ0v) is 18.9. The Bertz CT molecular complexity index is 1230. The van der Waals surface area contributed by atoms with Crippen LogP contribution in [0.1, 0.15) is 48.8 Å². The summed E-state index contributed by atoms with van der Waals surface area (Å²) >= 11 is 0. The molecule has 1 aliphatic carbocycles. The molecule has 0 fully saturated rings. The van der Waals surface area contributed by atoms with Gasteiger partial charge in [0.05, 0.1) is 11.1 Å². The maximum Gasteiger partial charge on any atom is 0.339 e. The number of esters is 1. The highest BCUT2D eigenvalue weighted by atomic mass is 19.2. The van der Waals surface area contributed by atoms with Crippen LogP contribution in [0.4, 0.5) is 14.5 Å². The van der Waals surface area contributed by atoms with Crippen molar-refractivity contribution in [3.05, 3.63) is 70.9 Å². The van der Waals surface area contributed by atoms with Crippen LogP contribution in [0.15, 0.2) is 42.5 Å². The molecule has 3 aromatic rings. The van der Waals surface area contributed by atoms with E-state index in [9.17, 15) is 18.4 Å². The fraction of sp³-hybridized carbons (Fsp3) is 0.346. The molecule has 1 N–H and O–H groups in total. The average Bonchev–Trinajstić information content (AvgIpc) is 2.77. The second-order valence-corrected chi connectivity index (χ2v) is 9.49. The predicted octanol–water partition coefficient (Wildman–Crippen LogP) is 5.46. The molecule has 0 radical (unpaired) electrons. The summed E-state index contributed by atoms with van der Waals surface area (Å²) in [4.78, 5) is 30.3. The number of pyridine rings is 1. The molecule has 1 heterocycles. The number of benzene rings is 2. The van der Waals surface area contributed by atoms with E-state index in [1.54, 1.807) is 0 Å². The molecule has 1 aliphatic rings. The summed E-state index contributed by atoms with van der Waals surface area (Å²) in [6.45, 7) is 6.03. The Hall–Kier alpha value is -3.35. The Labute approximate surface area is 191 Å². The number of aryl methyl sites for hydroxylation is 1. The molecule has 0 spiro atoms. The van der Waals surface area contributed by atoms with E-state index in [0.29, 0.717) is 28.8 Å². The van der Waals surface area contributed by atoms with Gasteiger partial charge in [0.1, 0.15) is 0 Å². The molecule has 0 saturated carbocycles. The molecule has 7 heteroatoms. The third kappa shape index (κ3) is 4.87. The smallest absolute Gasteiger partial charge is 0.339 e. The lowest BCUT2D eigenvalue weighted by Crippen LogP contribution is -2.29. The van der Waals surface area contributed by atoms with Gasteiger partial charge in [-0.3, -0.25) is 9.78 Å². The highest BCUT2D eigenvalue weighted by Crippen LogP contribution is 2.39. The van der Waals surface area contributed by atoms with Crippen LogP contribution in [0.5, 0.6) is 0 Å². The van der Waals surface area contributed by atoms with Crippen molar-refractivity contribution in [3.63, 3.8) is 0 Å². The van der Waals surface area contributed by atoms with Crippen molar-refractivity contribution in [2.75, 3.05) is 11.9 Å². The number of hydrogen-bond donors (Lipinski definition) is 1. The Morgan fingerprint density at radius 3 is 2.61 bits per heavy atom. The van der Waals surface area contributed by atoms with Gasteiger partial charge in [-0.15, -0.1) is 0 Å². The summed E-state index contributed by atoms with van der Waals surface area (Å²) in [5, 5.41) is 3.10. The van der Waals surface area contributed by atoms with Crippen LogP contribution >= 0.6 is 0 Å². The molecule has 0 aliphatic heterocycles. The number of amides is 1. The van der Waals surface area contributed by atoms with Crippen molar-refractivity contribution < 1.29 is 23.1 Å². The number of rotatable bonds is 4. The third-order valence-corrected chi connectivity index (χ3v) is 6.23. The van der Waals surface area contributed by atoms with Gasteiger partial charge in [-0.05, 0) is 54.4 Å². The first kappa shape index (κ1) is 22.8. The molecule has 0 saturated heterocycles. The number of fused-ring (bicyclic) bond motifs is 2. The molecule has 1 aromatic heterocycles. The summed E-state index contributed by atoms with van der Waals surface area (Å²) in [5.41, 5.74) is 3.09. The minimum Gasteiger partial charge on any atom is -0.452 e. The van der Waals surface area contributed by atoms with Gasteiger partial charge in [0.2, 0.25) is 0 Å². The number of halogens is 2. The topological polar surface area (TPSA) is 68.3 Å². The van der Waals surface area contributed by atoms with Crippen molar-refractivity contribution in [2.24, 2.45) is 11.3 Å². The number of nitrogens with zero attached hydrogens (tertiary/aromatic N) is 1. The van der Waals surface area contributed by atoms with E-state index in [1.165, 1.54) is 6.07 Å². The van der Waals surface area contributed by atoms with Crippen LogP contribution in [0, 0.1) is 23.0 Å². The van der Waals surface area contributed by atoms with Crippen LogP contribution in [0.25, 0.3) is 10.9 Å². The van der Waals surface area contributed by atoms with Crippen molar-refractivity contribution >= 4 is 28.5 Å². The van der Waals surface area contributed by atoms with Crippen LogP contribution in [0.3, 0.4) is 0 Å². The molecule has 4 rings (SSSR count). The van der Waals surface area contributed by atoms with E-state index in [0.717, 1.165) is 36.2 Å². The van der Waals surface area contributed by atoms with Gasteiger partial charge in [-0.1, -0.05) is 39.0 Å². The molecular formula is C26H26F2N2O3. The summed E-state index contributed by atoms with van der Waals surface area (Å²) < 4.78 is 31.8. The number of aromatic nitrogens is 1. The zero-order valence-electron chi connectivity index (χ0n) is 18.9. The fourth-order valence-corrected chi connectivity index (χ4v) is 4.33. The fourth-order valence-electron chi connectivity index (χ4n) is 4.33. The standard InChI is InChI=1S/C26H26F2N2O3/c1-26(2,3)15-8-11-22-18(12-15)24(17-6-4-5-7-21(17)30-22)25(32)33-14-23(31)29-16-9-10-19(27)20(28)13-16/h4-7,9-10,13,15H,8,11-12,14H2,1-3H3,(H,29,31). The molecular weight excluding hydrogens is 426 g/mol. The third-order valence-electron chi connectivity index (χ3n) is 6.23. The number of nitrogens with one attached hydrogen (secondary N) is 1. The lowest BCUT2D eigenvalue weighted by atomic mass is 9.70. The first-order valence-corrected chi connectivity index (χ1v) is 11.0. The van der Waals surface area contributed by atoms with Gasteiger partial charge in [0, 0.05) is 22.8 Å². The SMILES string of the molecule is CC(C)(C)C1CCc2nc3ccccc3c(C(=O)OCC(=O)Nc3ccc(F)c(F)c3)c2C1. The molecule has 0 bridgehead atoms. The van der Waals surface area contributed by atoms with E-state index in [1.807, 2.05) is 24.3 Å². The predicted molar refractivity (Wildman–Crippen MR) is 122 cm³/mol. The summed E-state index contributed by atoms with van der Waals surface area (Å²) in [5.74, 6) is -2.94. The number of anilines is 1. The number of para-hydroxylation sites is 1. The summed E-state index contributed by atoms with van der Waals surface area (Å²) in [6, 6.07) is 10.4. The van der Waals surface area contributed by atoms with Crippen molar-refractivity contribution in [3.8, 4) is 0 Å². The van der Waals surface area contributed by atoms with Gasteiger partial charge < -0.3 is 10.1 Å². The summed E-state index contributed by atoms with van der Waals surface area (Å²) in [7, 11) is 0. The second-order valence-electron chi connectivity index (χ2n) is 9.49. The Morgan fingerprint density at radius 1 is 1.12 bits per heavy atom. The van der Waals surface area contributed by atoms with Gasteiger partial charge in [0.25, 0.3) is 5.91 Å². The minimum atomic E-state index is -1.08. The maximum absolute atomic E-state index is 13.4. The van der Waals surface area contributed by atoms with Crippen molar-refractivity contribution in [1.82, 2.24) is 4.98 Å². The lowest BCUT2D eigenvalue weighted by Gasteiger charge is -2.35. The first-order chi connectivity index (χ1) is 15.6. The van der Waals surface area contributed by atoms with E-state index in [4.69, 9.17) is 9.72 Å². The molecule has 1 amide bonds. The first-order valence-electron chi connectivity index (χ1n) is 11.0. The van der Waals surface area contributed by atoms with Gasteiger partial charge >= 0.3 is 5.97 Å². The molecule has 5 nitrogen and oxygen atoms in total. The van der Waals surface area contributed by atoms with Crippen molar-refractivity contribution in [1.29, 1.82) is 0 Å². The van der Waals surface area contributed by atoms with E-state index < -0.39 is 30.1 Å². The maximum atomic E-state index is 13.4. The van der Waals surface area contributed by atoms with Gasteiger partial charge in [-0.25, -0.2) is 13.6 Å². The highest BCUT2D eigenvalue weighted by Gasteiger charge is 2.33. The van der Waals surface area contributed by atoms with Gasteiger partial charge in [0.15, 0.2) is 18.2 Å². The quantitative estimate of drug-likeness (QED) is 0.534. The Morgan fingerprint density at radius 2 is 1.88 bits per heavy atom. The summed E-state index contributed by atoms with van der Waals surface area (Å²) in [6.07, 6.45) is 2.48. The highest BCUT2D eigenvalue weighted by molar-refractivity contribution is 6.06. The van der Waals surface area contributed by atoms with Crippen LogP contribution < -0.4 is 5.32 Å². The van der Waals surface area contributed by atoms with Gasteiger partial charge in [-0.2, -0.15) is 0 Å². The second kappa shape index (κ2) is 8.89. The largest absolute Gasteiger partial charge is 0.452 e. The minimum absolute atomic E-state index is 0.0782. The number of carbonyl (C=O) groups excluding carboxylic acids is 2. The van der Waals surface area contributed by atoms with E-state index in [2.05, 4.69) is 26.1 Å². The normalized spacial score (nSPS) is 15.7. The number of ether oxygens (including phenoxy) is 1. The van der Waals surface area contributed by atoms with Crippen molar-refractivity contribution in [2.45, 2.75) is 40.0 Å². The Balaban J connectivity index is 1.58. The molecule has 2 aromatic carbocycles. The van der Waals surface area contributed by atoms with E-state index in [-0.39, 0.29) is 11.1 Å². The molecule has 33 heavy (non-hydrogen) atoms. The monoisotopic (exact) mass is 452 g/mol. The van der Waals surface area contributed by atoms with Crippen LogP contribution in [-0.2, 0) is 22.4 Å². The molecule has 172 valence electrons. The van der Waals surface area contributed by atoms with Crippen LogP contribution in [-0.4, -0.2) is 23.5 Å². The van der Waals surface area contributed by atoms with Crippen LogP contribution in [0.2, 0.25) is 0 Å². The molecule has 1 atom stereocenters. The average molecular weight is 453 g/mol. The zero-order chi connectivity index (χ0) is 23.8. The lowest BCUT2D eigenvalue weighted by molar-refractivity contribution is -0.119. The number of hydrogen-bond acceptors (Lipinski definition) is 4.